The third-order valence-electron chi connectivity index (χ3n) is 6.06. The van der Waals surface area contributed by atoms with Gasteiger partial charge in [-0.1, -0.05) is 30.3 Å². The van der Waals surface area contributed by atoms with Gasteiger partial charge in [-0.05, 0) is 56.2 Å². The Hall–Kier alpha value is -3.39. The molecular formula is C26H29N3O4S. The maximum Gasteiger partial charge on any atom is 0.246 e. The van der Waals surface area contributed by atoms with E-state index in [0.717, 1.165) is 28.3 Å². The molecule has 0 saturated carbocycles. The van der Waals surface area contributed by atoms with Crippen LogP contribution in [0, 0.1) is 13.8 Å². The number of amides is 1. The van der Waals surface area contributed by atoms with Gasteiger partial charge >= 0.3 is 0 Å². The van der Waals surface area contributed by atoms with E-state index in [1.807, 2.05) is 73.1 Å². The first kappa shape index (κ1) is 23.8. The van der Waals surface area contributed by atoms with Gasteiger partial charge in [0.05, 0.1) is 23.2 Å². The number of hydrogen-bond donors (Lipinski definition) is 0. The summed E-state index contributed by atoms with van der Waals surface area (Å²) in [6, 6.07) is 16.9. The number of hydrogen-bond acceptors (Lipinski definition) is 5. The van der Waals surface area contributed by atoms with Crippen LogP contribution in [0.3, 0.4) is 0 Å². The van der Waals surface area contributed by atoms with E-state index in [1.54, 1.807) is 24.1 Å². The zero-order valence-corrected chi connectivity index (χ0v) is 20.5. The molecule has 4 rings (SSSR count). The van der Waals surface area contributed by atoms with Crippen molar-refractivity contribution in [3.8, 4) is 11.5 Å². The van der Waals surface area contributed by atoms with Crippen LogP contribution in [-0.2, 0) is 21.2 Å². The van der Waals surface area contributed by atoms with Gasteiger partial charge < -0.3 is 9.64 Å². The number of benzene rings is 2. The van der Waals surface area contributed by atoms with Crippen LogP contribution in [0.15, 0.2) is 60.7 Å². The molecule has 1 fully saturated rings. The standard InChI is InChI=1S/C26H29N3O4S/c1-19-25(20(2)29(27-19)22-14-15-34(31,32)18-22)17-28(3)26(30)13-12-21-8-7-11-24(16-21)33-23-9-5-4-6-10-23/h4-13,16,22H,14-15,17-18H2,1-3H3/b13-12+. The fourth-order valence-corrected chi connectivity index (χ4v) is 5.86. The minimum atomic E-state index is -3.00. The van der Waals surface area contributed by atoms with Crippen LogP contribution in [0.4, 0.5) is 0 Å². The molecule has 1 saturated heterocycles. The van der Waals surface area contributed by atoms with E-state index < -0.39 is 9.84 Å². The molecule has 1 aliphatic heterocycles. The fraction of sp³-hybridized carbons (Fsp3) is 0.308. The summed E-state index contributed by atoms with van der Waals surface area (Å²) in [5.41, 5.74) is 3.54. The molecule has 0 aliphatic carbocycles. The Morgan fingerprint density at radius 3 is 2.59 bits per heavy atom. The first-order valence-electron chi connectivity index (χ1n) is 11.2. The van der Waals surface area contributed by atoms with Crippen molar-refractivity contribution in [3.63, 3.8) is 0 Å². The molecule has 0 spiro atoms. The minimum Gasteiger partial charge on any atom is -0.457 e. The minimum absolute atomic E-state index is 0.124. The summed E-state index contributed by atoms with van der Waals surface area (Å²) in [5, 5.41) is 4.59. The van der Waals surface area contributed by atoms with Crippen molar-refractivity contribution >= 4 is 21.8 Å². The van der Waals surface area contributed by atoms with Gasteiger partial charge in [-0.3, -0.25) is 9.48 Å². The quantitative estimate of drug-likeness (QED) is 0.472. The van der Waals surface area contributed by atoms with Gasteiger partial charge in [-0.25, -0.2) is 8.42 Å². The first-order chi connectivity index (χ1) is 16.2. The molecule has 7 nitrogen and oxygen atoms in total. The van der Waals surface area contributed by atoms with Crippen molar-refractivity contribution in [2.24, 2.45) is 0 Å². The number of sulfone groups is 1. The third kappa shape index (κ3) is 5.56. The van der Waals surface area contributed by atoms with Crippen molar-refractivity contribution in [1.82, 2.24) is 14.7 Å². The highest BCUT2D eigenvalue weighted by atomic mass is 32.2. The second-order valence-electron chi connectivity index (χ2n) is 8.67. The van der Waals surface area contributed by atoms with Crippen LogP contribution in [-0.4, -0.2) is 47.6 Å². The highest BCUT2D eigenvalue weighted by Gasteiger charge is 2.31. The van der Waals surface area contributed by atoms with Crippen LogP contribution in [0.2, 0.25) is 0 Å². The summed E-state index contributed by atoms with van der Waals surface area (Å²) in [6.45, 7) is 4.23. The molecule has 34 heavy (non-hydrogen) atoms. The molecule has 0 bridgehead atoms. The molecule has 1 amide bonds. The smallest absolute Gasteiger partial charge is 0.246 e. The van der Waals surface area contributed by atoms with Gasteiger partial charge in [0.15, 0.2) is 9.84 Å². The zero-order chi connectivity index (χ0) is 24.3. The maximum atomic E-state index is 12.8. The van der Waals surface area contributed by atoms with Gasteiger partial charge in [0.2, 0.25) is 5.91 Å². The van der Waals surface area contributed by atoms with Crippen LogP contribution >= 0.6 is 0 Å². The number of likely N-dealkylation sites (N-methyl/N-ethyl adjacent to an activating group) is 1. The van der Waals surface area contributed by atoms with Crippen LogP contribution in [0.5, 0.6) is 11.5 Å². The molecule has 2 heterocycles. The van der Waals surface area contributed by atoms with E-state index in [0.29, 0.717) is 18.7 Å². The fourth-order valence-electron chi connectivity index (χ4n) is 4.17. The second-order valence-corrected chi connectivity index (χ2v) is 10.9. The largest absolute Gasteiger partial charge is 0.457 e. The van der Waals surface area contributed by atoms with Crippen molar-refractivity contribution < 1.29 is 17.9 Å². The SMILES string of the molecule is Cc1nn(C2CCS(=O)(=O)C2)c(C)c1CN(C)C(=O)/C=C/c1cccc(Oc2ccccc2)c1. The normalized spacial score (nSPS) is 17.2. The van der Waals surface area contributed by atoms with E-state index in [2.05, 4.69) is 5.10 Å². The molecular weight excluding hydrogens is 450 g/mol. The van der Waals surface area contributed by atoms with Crippen molar-refractivity contribution in [1.29, 1.82) is 0 Å². The molecule has 178 valence electrons. The topological polar surface area (TPSA) is 81.5 Å². The highest BCUT2D eigenvalue weighted by molar-refractivity contribution is 7.91. The molecule has 0 radical (unpaired) electrons. The number of aromatic nitrogens is 2. The highest BCUT2D eigenvalue weighted by Crippen LogP contribution is 2.27. The molecule has 1 atom stereocenters. The Morgan fingerprint density at radius 2 is 1.88 bits per heavy atom. The van der Waals surface area contributed by atoms with Crippen molar-refractivity contribution in [2.45, 2.75) is 32.9 Å². The molecule has 2 aromatic carbocycles. The van der Waals surface area contributed by atoms with Crippen LogP contribution in [0.25, 0.3) is 6.08 Å². The number of nitrogens with zero attached hydrogens (tertiary/aromatic N) is 3. The molecule has 1 aromatic heterocycles. The van der Waals surface area contributed by atoms with Gasteiger partial charge in [-0.15, -0.1) is 0 Å². The third-order valence-corrected chi connectivity index (χ3v) is 7.81. The predicted octanol–water partition coefficient (Wildman–Crippen LogP) is 4.32. The maximum absolute atomic E-state index is 12.8. The van der Waals surface area contributed by atoms with E-state index in [1.165, 1.54) is 0 Å². The summed E-state index contributed by atoms with van der Waals surface area (Å²) >= 11 is 0. The number of carbonyl (C=O) groups is 1. The second kappa shape index (κ2) is 9.85. The molecule has 1 unspecified atom stereocenters. The summed E-state index contributed by atoms with van der Waals surface area (Å²) in [5.74, 6) is 1.64. The zero-order valence-electron chi connectivity index (χ0n) is 19.6. The van der Waals surface area contributed by atoms with Crippen molar-refractivity contribution in [3.05, 3.63) is 83.2 Å². The lowest BCUT2D eigenvalue weighted by atomic mass is 10.1. The average Bonchev–Trinajstić information content (AvgIpc) is 3.31. The molecule has 8 heteroatoms. The number of rotatable bonds is 7. The van der Waals surface area contributed by atoms with E-state index >= 15 is 0 Å². The van der Waals surface area contributed by atoms with Gasteiger partial charge in [-0.2, -0.15) is 5.10 Å². The molecule has 3 aromatic rings. The Labute approximate surface area is 200 Å². The summed E-state index contributed by atoms with van der Waals surface area (Å²) in [4.78, 5) is 14.4. The van der Waals surface area contributed by atoms with Crippen LogP contribution in [0.1, 0.15) is 35.0 Å². The van der Waals surface area contributed by atoms with Gasteiger partial charge in [0.1, 0.15) is 11.5 Å². The van der Waals surface area contributed by atoms with E-state index in [9.17, 15) is 13.2 Å². The average molecular weight is 480 g/mol. The lowest BCUT2D eigenvalue weighted by Gasteiger charge is -2.16. The summed E-state index contributed by atoms with van der Waals surface area (Å²) < 4.78 is 31.4. The van der Waals surface area contributed by atoms with Gasteiger partial charge in [0, 0.05) is 30.9 Å². The number of ether oxygens (including phenoxy) is 1. The molecule has 1 aliphatic rings. The predicted molar refractivity (Wildman–Crippen MR) is 132 cm³/mol. The Morgan fingerprint density at radius 1 is 1.15 bits per heavy atom. The van der Waals surface area contributed by atoms with Crippen LogP contribution < -0.4 is 4.74 Å². The van der Waals surface area contributed by atoms with E-state index in [4.69, 9.17) is 4.74 Å². The lowest BCUT2D eigenvalue weighted by Crippen LogP contribution is -2.24. The molecule has 0 N–H and O–H groups in total. The Balaban J connectivity index is 1.41. The number of carbonyl (C=O) groups excluding carboxylic acids is 1. The van der Waals surface area contributed by atoms with E-state index in [-0.39, 0.29) is 23.5 Å². The summed E-state index contributed by atoms with van der Waals surface area (Å²) in [6.07, 6.45) is 3.89. The Kier molecular flexibility index (Phi) is 6.88. The number of aryl methyl sites for hydroxylation is 1. The summed E-state index contributed by atoms with van der Waals surface area (Å²) in [7, 11) is -1.25. The first-order valence-corrected chi connectivity index (χ1v) is 13.0. The monoisotopic (exact) mass is 479 g/mol. The Bertz CT molecular complexity index is 1310. The van der Waals surface area contributed by atoms with Crippen molar-refractivity contribution in [2.75, 3.05) is 18.6 Å². The lowest BCUT2D eigenvalue weighted by molar-refractivity contribution is -0.125. The van der Waals surface area contributed by atoms with Gasteiger partial charge in [0.25, 0.3) is 0 Å². The number of para-hydroxylation sites is 1.